The van der Waals surface area contributed by atoms with Crippen molar-refractivity contribution in [2.75, 3.05) is 5.32 Å². The monoisotopic (exact) mass is 385 g/mol. The second kappa shape index (κ2) is 6.62. The molecule has 1 aromatic heterocycles. The van der Waals surface area contributed by atoms with Gasteiger partial charge in [0.25, 0.3) is 5.56 Å². The molecule has 1 aliphatic carbocycles. The first kappa shape index (κ1) is 17.7. The number of H-pyrrole nitrogens is 1. The van der Waals surface area contributed by atoms with Crippen LogP contribution in [0.15, 0.2) is 70.7 Å². The molecule has 2 heterocycles. The van der Waals surface area contributed by atoms with Gasteiger partial charge in [0.15, 0.2) is 5.78 Å². The molecule has 2 N–H and O–H groups in total. The summed E-state index contributed by atoms with van der Waals surface area (Å²) in [4.78, 5) is 26.5. The van der Waals surface area contributed by atoms with E-state index in [1.165, 1.54) is 0 Å². The Labute approximate surface area is 169 Å². The fraction of sp³-hybridized carbons (Fsp3) is 0.250. The number of nitrogens with one attached hydrogen (secondary N) is 2. The van der Waals surface area contributed by atoms with Gasteiger partial charge in [0.2, 0.25) is 0 Å². The van der Waals surface area contributed by atoms with Crippen LogP contribution in [0.3, 0.4) is 0 Å². The van der Waals surface area contributed by atoms with Crippen LogP contribution in [0.4, 0.5) is 5.82 Å². The number of Topliss-reactive ketones (excluding diaryl/α,β-unsaturated/α-hetero) is 1. The molecule has 0 saturated carbocycles. The Morgan fingerprint density at radius 2 is 1.69 bits per heavy atom. The summed E-state index contributed by atoms with van der Waals surface area (Å²) < 4.78 is 1.56. The van der Waals surface area contributed by atoms with Crippen LogP contribution in [-0.4, -0.2) is 15.6 Å². The van der Waals surface area contributed by atoms with Gasteiger partial charge >= 0.3 is 0 Å². The number of fused-ring (bicyclic) bond motifs is 1. The van der Waals surface area contributed by atoms with Gasteiger partial charge < -0.3 is 5.32 Å². The zero-order valence-electron chi connectivity index (χ0n) is 16.5. The fourth-order valence-electron chi connectivity index (χ4n) is 4.54. The van der Waals surface area contributed by atoms with Gasteiger partial charge in [-0.15, -0.1) is 0 Å². The Morgan fingerprint density at radius 3 is 2.41 bits per heavy atom. The van der Waals surface area contributed by atoms with Crippen LogP contribution in [0.1, 0.15) is 42.4 Å². The van der Waals surface area contributed by atoms with Crippen LogP contribution in [0, 0.1) is 12.8 Å². The van der Waals surface area contributed by atoms with Gasteiger partial charge in [-0.1, -0.05) is 55.0 Å². The summed E-state index contributed by atoms with van der Waals surface area (Å²) in [5.74, 6) is 0.756. The molecule has 0 spiro atoms. The molecular weight excluding hydrogens is 362 g/mol. The Kier molecular flexibility index (Phi) is 4.05. The van der Waals surface area contributed by atoms with E-state index < -0.39 is 0 Å². The maximum Gasteiger partial charge on any atom is 0.277 e. The van der Waals surface area contributed by atoms with Crippen molar-refractivity contribution in [3.63, 3.8) is 0 Å². The molecule has 5 rings (SSSR count). The molecule has 2 aliphatic rings. The lowest BCUT2D eigenvalue weighted by atomic mass is 9.74. The van der Waals surface area contributed by atoms with Crippen LogP contribution in [0.25, 0.3) is 5.69 Å². The van der Waals surface area contributed by atoms with Crippen molar-refractivity contribution in [3.8, 4) is 5.69 Å². The molecule has 5 heteroatoms. The summed E-state index contributed by atoms with van der Waals surface area (Å²) in [5.41, 5.74) is 5.07. The minimum Gasteiger partial charge on any atom is -0.343 e. The smallest absolute Gasteiger partial charge is 0.277 e. The average Bonchev–Trinajstić information content (AvgIpc) is 3.04. The SMILES string of the molecule is Cc1ccc([C@@H]2C3=C(C[C@H](C)CC3=O)Nc3[nH]n(-c4ccccc4)c(=O)c32)cc1. The number of aryl methyl sites for hydroxylation is 1. The highest BCUT2D eigenvalue weighted by Crippen LogP contribution is 2.44. The van der Waals surface area contributed by atoms with E-state index in [0.717, 1.165) is 34.5 Å². The van der Waals surface area contributed by atoms with Crippen molar-refractivity contribution < 1.29 is 4.79 Å². The van der Waals surface area contributed by atoms with Crippen LogP contribution in [-0.2, 0) is 4.79 Å². The molecule has 0 fully saturated rings. The lowest BCUT2D eigenvalue weighted by molar-refractivity contribution is -0.117. The molecular formula is C24H23N3O2. The number of benzene rings is 2. The minimum atomic E-state index is -0.351. The van der Waals surface area contributed by atoms with E-state index in [0.29, 0.717) is 17.8 Å². The number of anilines is 1. The first-order valence-corrected chi connectivity index (χ1v) is 10.0. The van der Waals surface area contributed by atoms with E-state index >= 15 is 0 Å². The molecule has 146 valence electrons. The van der Waals surface area contributed by atoms with Crippen molar-refractivity contribution >= 4 is 11.6 Å². The van der Waals surface area contributed by atoms with Gasteiger partial charge in [0.1, 0.15) is 5.82 Å². The third kappa shape index (κ3) is 2.85. The maximum atomic E-state index is 13.5. The van der Waals surface area contributed by atoms with Gasteiger partial charge in [0, 0.05) is 23.6 Å². The standard InChI is InChI=1S/C24H23N3O2/c1-14-8-10-16(11-9-14)20-21-18(12-15(2)13-19(21)28)25-23-22(20)24(29)27(26-23)17-6-4-3-5-7-17/h3-11,15,20,25-26H,12-13H2,1-2H3/t15-,20+/m0/s1. The number of aromatic amines is 1. The van der Waals surface area contributed by atoms with Crippen molar-refractivity contribution in [2.45, 2.75) is 32.6 Å². The normalized spacial score (nSPS) is 20.8. The number of hydrogen-bond acceptors (Lipinski definition) is 3. The molecule has 0 unspecified atom stereocenters. The Hall–Kier alpha value is -3.34. The largest absolute Gasteiger partial charge is 0.343 e. The number of rotatable bonds is 2. The Morgan fingerprint density at radius 1 is 0.966 bits per heavy atom. The van der Waals surface area contributed by atoms with Crippen molar-refractivity contribution in [2.24, 2.45) is 5.92 Å². The van der Waals surface area contributed by atoms with Gasteiger partial charge in [0.05, 0.1) is 11.3 Å². The third-order valence-electron chi connectivity index (χ3n) is 5.92. The lowest BCUT2D eigenvalue weighted by Crippen LogP contribution is -2.31. The number of carbonyl (C=O) groups is 1. The molecule has 0 radical (unpaired) electrons. The predicted octanol–water partition coefficient (Wildman–Crippen LogP) is 4.28. The van der Waals surface area contributed by atoms with E-state index in [-0.39, 0.29) is 23.2 Å². The molecule has 3 aromatic rings. The highest BCUT2D eigenvalue weighted by Gasteiger charge is 2.40. The van der Waals surface area contributed by atoms with E-state index in [1.54, 1.807) is 4.68 Å². The van der Waals surface area contributed by atoms with Crippen LogP contribution < -0.4 is 10.9 Å². The summed E-state index contributed by atoms with van der Waals surface area (Å²) in [6.07, 6.45) is 1.33. The highest BCUT2D eigenvalue weighted by molar-refractivity contribution is 6.01. The lowest BCUT2D eigenvalue weighted by Gasteiger charge is -2.33. The topological polar surface area (TPSA) is 66.9 Å². The minimum absolute atomic E-state index is 0.123. The number of para-hydroxylation sites is 1. The molecule has 1 aliphatic heterocycles. The van der Waals surface area contributed by atoms with Crippen molar-refractivity contribution in [1.82, 2.24) is 9.78 Å². The molecule has 2 atom stereocenters. The van der Waals surface area contributed by atoms with E-state index in [1.807, 2.05) is 61.5 Å². The van der Waals surface area contributed by atoms with Gasteiger partial charge in [-0.2, -0.15) is 0 Å². The summed E-state index contributed by atoms with van der Waals surface area (Å²) in [6.45, 7) is 4.13. The molecule has 2 aromatic carbocycles. The number of ketones is 1. The second-order valence-corrected chi connectivity index (χ2v) is 8.17. The Balaban J connectivity index is 1.74. The summed E-state index contributed by atoms with van der Waals surface area (Å²) in [7, 11) is 0. The van der Waals surface area contributed by atoms with E-state index in [4.69, 9.17) is 0 Å². The quantitative estimate of drug-likeness (QED) is 0.692. The first-order valence-electron chi connectivity index (χ1n) is 10.0. The first-order chi connectivity index (χ1) is 14.0. The third-order valence-corrected chi connectivity index (χ3v) is 5.92. The number of allylic oxidation sites excluding steroid dienone is 2. The van der Waals surface area contributed by atoms with Gasteiger partial charge in [-0.05, 0) is 37.0 Å². The zero-order chi connectivity index (χ0) is 20.1. The summed E-state index contributed by atoms with van der Waals surface area (Å²) in [6, 6.07) is 17.7. The van der Waals surface area contributed by atoms with Crippen molar-refractivity contribution in [3.05, 3.63) is 92.9 Å². The highest BCUT2D eigenvalue weighted by atomic mass is 16.1. The fourth-order valence-corrected chi connectivity index (χ4v) is 4.54. The van der Waals surface area contributed by atoms with E-state index in [2.05, 4.69) is 17.3 Å². The summed E-state index contributed by atoms with van der Waals surface area (Å²) >= 11 is 0. The molecule has 5 nitrogen and oxygen atoms in total. The molecule has 0 amide bonds. The van der Waals surface area contributed by atoms with Crippen LogP contribution in [0.5, 0.6) is 0 Å². The molecule has 0 saturated heterocycles. The van der Waals surface area contributed by atoms with Gasteiger partial charge in [-0.25, -0.2) is 4.68 Å². The maximum absolute atomic E-state index is 13.5. The Bertz CT molecular complexity index is 1180. The van der Waals surface area contributed by atoms with Crippen LogP contribution >= 0.6 is 0 Å². The van der Waals surface area contributed by atoms with Crippen molar-refractivity contribution in [1.29, 1.82) is 0 Å². The number of carbonyl (C=O) groups excluding carboxylic acids is 1. The van der Waals surface area contributed by atoms with Crippen LogP contribution in [0.2, 0.25) is 0 Å². The zero-order valence-corrected chi connectivity index (χ0v) is 16.5. The predicted molar refractivity (Wildman–Crippen MR) is 113 cm³/mol. The molecule has 0 bridgehead atoms. The molecule has 29 heavy (non-hydrogen) atoms. The second-order valence-electron chi connectivity index (χ2n) is 8.17. The average molecular weight is 385 g/mol. The number of nitrogens with zero attached hydrogens (tertiary/aromatic N) is 1. The number of hydrogen-bond donors (Lipinski definition) is 2. The number of aromatic nitrogens is 2. The van der Waals surface area contributed by atoms with Gasteiger partial charge in [-0.3, -0.25) is 14.7 Å². The summed E-state index contributed by atoms with van der Waals surface area (Å²) in [5, 5.41) is 6.62. The van der Waals surface area contributed by atoms with E-state index in [9.17, 15) is 9.59 Å².